The van der Waals surface area contributed by atoms with Gasteiger partial charge in [0.1, 0.15) is 0 Å². The summed E-state index contributed by atoms with van der Waals surface area (Å²) in [7, 11) is 0. The second kappa shape index (κ2) is 4.97. The lowest BCUT2D eigenvalue weighted by atomic mass is 10.3. The lowest BCUT2D eigenvalue weighted by Gasteiger charge is -2.02. The molecule has 0 N–H and O–H groups in total. The molecule has 0 spiro atoms. The maximum absolute atomic E-state index is 11.1. The maximum atomic E-state index is 11.1. The van der Waals surface area contributed by atoms with Crippen LogP contribution in [0.2, 0.25) is 0 Å². The van der Waals surface area contributed by atoms with Gasteiger partial charge >= 0.3 is 5.97 Å². The number of nitrogens with zero attached hydrogens (tertiary/aromatic N) is 1. The van der Waals surface area contributed by atoms with E-state index in [9.17, 15) is 4.79 Å². The van der Waals surface area contributed by atoms with Crippen molar-refractivity contribution in [3.63, 3.8) is 0 Å². The highest BCUT2D eigenvalue weighted by Crippen LogP contribution is 2.13. The van der Waals surface area contributed by atoms with E-state index in [1.807, 2.05) is 6.07 Å². The van der Waals surface area contributed by atoms with E-state index in [-0.39, 0.29) is 12.4 Å². The zero-order chi connectivity index (χ0) is 9.68. The Bertz CT molecular complexity index is 301. The first-order valence-corrected chi connectivity index (χ1v) is 4.78. The van der Waals surface area contributed by atoms with Gasteiger partial charge in [-0.25, -0.2) is 0 Å². The van der Waals surface area contributed by atoms with Crippen molar-refractivity contribution >= 4 is 21.9 Å². The van der Waals surface area contributed by atoms with Crippen molar-refractivity contribution in [1.82, 2.24) is 4.98 Å². The van der Waals surface area contributed by atoms with Crippen LogP contribution < -0.4 is 0 Å². The maximum Gasteiger partial charge on any atom is 0.311 e. The van der Waals surface area contributed by atoms with Crippen LogP contribution in [0.4, 0.5) is 0 Å². The van der Waals surface area contributed by atoms with E-state index < -0.39 is 0 Å². The van der Waals surface area contributed by atoms with E-state index in [0.717, 1.165) is 4.47 Å². The van der Waals surface area contributed by atoms with Crippen molar-refractivity contribution in [1.29, 1.82) is 0 Å². The predicted molar refractivity (Wildman–Crippen MR) is 52.3 cm³/mol. The number of aromatic nitrogens is 1. The molecule has 0 aromatic carbocycles. The third-order valence-corrected chi connectivity index (χ3v) is 2.17. The van der Waals surface area contributed by atoms with Crippen molar-refractivity contribution in [2.24, 2.45) is 0 Å². The topological polar surface area (TPSA) is 39.2 Å². The fraction of sp³-hybridized carbons (Fsp3) is 0.333. The van der Waals surface area contributed by atoms with E-state index in [1.165, 1.54) is 0 Å². The fourth-order valence-electron chi connectivity index (χ4n) is 0.897. The molecule has 70 valence electrons. The summed E-state index contributed by atoms with van der Waals surface area (Å²) in [4.78, 5) is 15.1. The third kappa shape index (κ3) is 3.14. The van der Waals surface area contributed by atoms with E-state index in [1.54, 1.807) is 19.2 Å². The van der Waals surface area contributed by atoms with Gasteiger partial charge in [0, 0.05) is 10.7 Å². The molecule has 0 fully saturated rings. The number of ether oxygens (including phenoxy) is 1. The van der Waals surface area contributed by atoms with Crippen LogP contribution in [0.15, 0.2) is 22.8 Å². The SMILES string of the molecule is CCOC(=O)Cc1ncccc1Br. The average Bonchev–Trinajstić information content (AvgIpc) is 2.09. The van der Waals surface area contributed by atoms with Gasteiger partial charge in [-0.3, -0.25) is 9.78 Å². The molecule has 4 heteroatoms. The van der Waals surface area contributed by atoms with Gasteiger partial charge in [0.05, 0.1) is 18.7 Å². The zero-order valence-electron chi connectivity index (χ0n) is 7.29. The number of carbonyl (C=O) groups is 1. The first kappa shape index (κ1) is 10.2. The molecule has 0 radical (unpaired) electrons. The van der Waals surface area contributed by atoms with Crippen LogP contribution >= 0.6 is 15.9 Å². The summed E-state index contributed by atoms with van der Waals surface area (Å²) < 4.78 is 5.64. The lowest BCUT2D eigenvalue weighted by Crippen LogP contribution is -2.08. The van der Waals surface area contributed by atoms with Crippen LogP contribution in [0.5, 0.6) is 0 Å². The Kier molecular flexibility index (Phi) is 3.89. The van der Waals surface area contributed by atoms with Crippen molar-refractivity contribution in [3.8, 4) is 0 Å². The lowest BCUT2D eigenvalue weighted by molar-refractivity contribution is -0.142. The Hall–Kier alpha value is -0.900. The number of pyridine rings is 1. The minimum Gasteiger partial charge on any atom is -0.466 e. The fourth-order valence-corrected chi connectivity index (χ4v) is 1.29. The number of esters is 1. The van der Waals surface area contributed by atoms with Gasteiger partial charge in [-0.05, 0) is 35.0 Å². The summed E-state index contributed by atoms with van der Waals surface area (Å²) in [5, 5.41) is 0. The van der Waals surface area contributed by atoms with Crippen LogP contribution in [0, 0.1) is 0 Å². The summed E-state index contributed by atoms with van der Waals surface area (Å²) in [6.45, 7) is 2.19. The van der Waals surface area contributed by atoms with Gasteiger partial charge in [0.2, 0.25) is 0 Å². The van der Waals surface area contributed by atoms with E-state index in [4.69, 9.17) is 4.74 Å². The van der Waals surface area contributed by atoms with Gasteiger partial charge in [-0.1, -0.05) is 0 Å². The molecule has 0 aliphatic carbocycles. The zero-order valence-corrected chi connectivity index (χ0v) is 8.87. The quantitative estimate of drug-likeness (QED) is 0.763. The molecule has 0 saturated heterocycles. The minimum absolute atomic E-state index is 0.218. The van der Waals surface area contributed by atoms with E-state index >= 15 is 0 Å². The first-order chi connectivity index (χ1) is 6.24. The molecule has 0 saturated carbocycles. The predicted octanol–water partition coefficient (Wildman–Crippen LogP) is 1.95. The summed E-state index contributed by atoms with van der Waals surface area (Å²) in [5.74, 6) is -0.248. The number of hydrogen-bond donors (Lipinski definition) is 0. The van der Waals surface area contributed by atoms with E-state index in [0.29, 0.717) is 12.3 Å². The molecule has 1 aromatic rings. The Balaban J connectivity index is 2.63. The van der Waals surface area contributed by atoms with Crippen LogP contribution in [-0.2, 0) is 16.0 Å². The molecule has 3 nitrogen and oxygen atoms in total. The van der Waals surface area contributed by atoms with Gasteiger partial charge in [0.25, 0.3) is 0 Å². The summed E-state index contributed by atoms with van der Waals surface area (Å²) in [6, 6.07) is 3.65. The Morgan fingerprint density at radius 1 is 1.69 bits per heavy atom. The number of carbonyl (C=O) groups excluding carboxylic acids is 1. The number of rotatable bonds is 3. The van der Waals surface area contributed by atoms with E-state index in [2.05, 4.69) is 20.9 Å². The molecule has 1 rings (SSSR count). The molecule has 0 aliphatic rings. The second-order valence-corrected chi connectivity index (χ2v) is 3.27. The minimum atomic E-state index is -0.248. The highest BCUT2D eigenvalue weighted by molar-refractivity contribution is 9.10. The van der Waals surface area contributed by atoms with Crippen molar-refractivity contribution in [3.05, 3.63) is 28.5 Å². The molecule has 0 bridgehead atoms. The average molecular weight is 244 g/mol. The van der Waals surface area contributed by atoms with Crippen LogP contribution in [0.3, 0.4) is 0 Å². The van der Waals surface area contributed by atoms with Gasteiger partial charge < -0.3 is 4.74 Å². The molecule has 0 atom stereocenters. The van der Waals surface area contributed by atoms with Crippen LogP contribution in [0.25, 0.3) is 0 Å². The summed E-state index contributed by atoms with van der Waals surface area (Å²) in [6.07, 6.45) is 1.87. The van der Waals surface area contributed by atoms with Crippen LogP contribution in [-0.4, -0.2) is 17.6 Å². The summed E-state index contributed by atoms with van der Waals surface area (Å²) in [5.41, 5.74) is 0.709. The highest BCUT2D eigenvalue weighted by atomic mass is 79.9. The molecule has 0 amide bonds. The number of halogens is 1. The van der Waals surface area contributed by atoms with Gasteiger partial charge in [-0.15, -0.1) is 0 Å². The molecule has 0 unspecified atom stereocenters. The van der Waals surface area contributed by atoms with Crippen LogP contribution in [0.1, 0.15) is 12.6 Å². The van der Waals surface area contributed by atoms with Crippen molar-refractivity contribution in [2.75, 3.05) is 6.61 Å². The van der Waals surface area contributed by atoms with Crippen molar-refractivity contribution < 1.29 is 9.53 Å². The molecule has 13 heavy (non-hydrogen) atoms. The largest absolute Gasteiger partial charge is 0.466 e. The standard InChI is InChI=1S/C9H10BrNO2/c1-2-13-9(12)6-8-7(10)4-3-5-11-8/h3-5H,2,6H2,1H3. The van der Waals surface area contributed by atoms with Crippen molar-refractivity contribution in [2.45, 2.75) is 13.3 Å². The first-order valence-electron chi connectivity index (χ1n) is 3.99. The Labute approximate surface area is 85.3 Å². The highest BCUT2D eigenvalue weighted by Gasteiger charge is 2.07. The monoisotopic (exact) mass is 243 g/mol. The van der Waals surface area contributed by atoms with Gasteiger partial charge in [0.15, 0.2) is 0 Å². The van der Waals surface area contributed by atoms with Gasteiger partial charge in [-0.2, -0.15) is 0 Å². The molecule has 1 aromatic heterocycles. The normalized spacial score (nSPS) is 9.69. The third-order valence-electron chi connectivity index (χ3n) is 1.45. The Morgan fingerprint density at radius 3 is 3.08 bits per heavy atom. The molecular weight excluding hydrogens is 234 g/mol. The molecule has 1 heterocycles. The molecular formula is C9H10BrNO2. The second-order valence-electron chi connectivity index (χ2n) is 2.41. The Morgan fingerprint density at radius 2 is 2.46 bits per heavy atom. The molecule has 0 aliphatic heterocycles. The summed E-state index contributed by atoms with van der Waals surface area (Å²) >= 11 is 3.31. The smallest absolute Gasteiger partial charge is 0.311 e. The number of hydrogen-bond acceptors (Lipinski definition) is 3.